The summed E-state index contributed by atoms with van der Waals surface area (Å²) in [5.41, 5.74) is 13.8. The lowest BCUT2D eigenvalue weighted by atomic mass is 9.90. The van der Waals surface area contributed by atoms with Crippen molar-refractivity contribution in [2.45, 2.75) is 86.5 Å². The molecule has 6 nitrogen and oxygen atoms in total. The molecule has 0 radical (unpaired) electrons. The molecular formula is C58H68N5OS+. The molecule has 336 valence electrons. The predicted molar refractivity (Wildman–Crippen MR) is 276 cm³/mol. The molecule has 0 aliphatic carbocycles. The van der Waals surface area contributed by atoms with E-state index in [9.17, 15) is 0 Å². The van der Waals surface area contributed by atoms with Crippen molar-refractivity contribution in [2.75, 3.05) is 18.1 Å². The summed E-state index contributed by atoms with van der Waals surface area (Å²) in [4.78, 5) is 7.01. The Hall–Kier alpha value is -5.89. The Morgan fingerprint density at radius 1 is 0.662 bits per heavy atom. The molecule has 0 spiro atoms. The number of hydrogen-bond acceptors (Lipinski definition) is 4. The number of para-hydroxylation sites is 1. The average molecular weight is 883 g/mol. The summed E-state index contributed by atoms with van der Waals surface area (Å²) < 4.78 is 12.5. The van der Waals surface area contributed by atoms with Crippen molar-refractivity contribution in [3.05, 3.63) is 186 Å². The van der Waals surface area contributed by atoms with Crippen molar-refractivity contribution < 1.29 is 9.30 Å². The molecule has 0 N–H and O–H groups in total. The van der Waals surface area contributed by atoms with Crippen LogP contribution in [0, 0.1) is 18.8 Å². The zero-order valence-corrected chi connectivity index (χ0v) is 41.0. The van der Waals surface area contributed by atoms with Crippen LogP contribution in [0.5, 0.6) is 0 Å². The monoisotopic (exact) mass is 883 g/mol. The molecule has 1 saturated heterocycles. The van der Waals surface area contributed by atoms with Crippen LogP contribution in [0.15, 0.2) is 163 Å². The van der Waals surface area contributed by atoms with Gasteiger partial charge in [-0.1, -0.05) is 146 Å². The third-order valence-electron chi connectivity index (χ3n) is 12.7. The van der Waals surface area contributed by atoms with Crippen LogP contribution in [-0.4, -0.2) is 27.3 Å². The fourth-order valence-corrected chi connectivity index (χ4v) is 8.82. The Morgan fingerprint density at radius 3 is 1.92 bits per heavy atom. The Labute approximate surface area is 393 Å². The Morgan fingerprint density at radius 2 is 1.31 bits per heavy atom. The molecule has 7 aromatic rings. The van der Waals surface area contributed by atoms with Crippen molar-refractivity contribution in [1.82, 2.24) is 14.1 Å². The van der Waals surface area contributed by atoms with Gasteiger partial charge in [-0.25, -0.2) is 9.55 Å². The second-order valence-electron chi connectivity index (χ2n) is 18.5. The summed E-state index contributed by atoms with van der Waals surface area (Å²) >= 11 is 1.69. The van der Waals surface area contributed by atoms with Crippen LogP contribution in [0.3, 0.4) is 0 Å². The lowest BCUT2D eigenvalue weighted by Gasteiger charge is -2.27. The number of ether oxygens (including phenoxy) is 1. The van der Waals surface area contributed by atoms with Crippen LogP contribution >= 0.6 is 11.8 Å². The third-order valence-corrected chi connectivity index (χ3v) is 13.2. The fourth-order valence-electron chi connectivity index (χ4n) is 8.32. The van der Waals surface area contributed by atoms with Crippen molar-refractivity contribution in [3.63, 3.8) is 0 Å². The van der Waals surface area contributed by atoms with Gasteiger partial charge in [0.15, 0.2) is 0 Å². The normalized spacial score (nSPS) is 14.6. The first-order valence-electron chi connectivity index (χ1n) is 23.4. The zero-order chi connectivity index (χ0) is 46.0. The van der Waals surface area contributed by atoms with Gasteiger partial charge in [0.05, 0.1) is 30.6 Å². The van der Waals surface area contributed by atoms with E-state index in [0.717, 1.165) is 48.5 Å². The van der Waals surface area contributed by atoms with Gasteiger partial charge in [0.2, 0.25) is 0 Å². The van der Waals surface area contributed by atoms with E-state index in [1.165, 1.54) is 56.1 Å². The quantitative estimate of drug-likeness (QED) is 0.128. The minimum absolute atomic E-state index is 0.335. The maximum absolute atomic E-state index is 5.71. The largest absolute Gasteiger partial charge is 0.381 e. The number of rotatable bonds is 10. The molecule has 2 aromatic heterocycles. The van der Waals surface area contributed by atoms with Crippen molar-refractivity contribution in [2.24, 2.45) is 18.9 Å². The van der Waals surface area contributed by atoms with Crippen LogP contribution in [0.4, 0.5) is 5.69 Å². The number of aryl methyl sites for hydroxylation is 2. The lowest BCUT2D eigenvalue weighted by molar-refractivity contribution is -0.659. The molecule has 9 rings (SSSR count). The summed E-state index contributed by atoms with van der Waals surface area (Å²) in [6.45, 7) is 21.9. The van der Waals surface area contributed by atoms with Gasteiger partial charge in [0, 0.05) is 54.0 Å². The molecule has 0 saturated carbocycles. The van der Waals surface area contributed by atoms with E-state index in [1.807, 2.05) is 6.20 Å². The molecule has 0 bridgehead atoms. The average Bonchev–Trinajstić information content (AvgIpc) is 4.12. The zero-order valence-electron chi connectivity index (χ0n) is 40.1. The molecule has 1 fully saturated rings. The van der Waals surface area contributed by atoms with E-state index in [4.69, 9.17) is 9.72 Å². The second kappa shape index (κ2) is 21.9. The highest BCUT2D eigenvalue weighted by atomic mass is 32.2. The molecule has 5 aromatic carbocycles. The molecule has 7 heteroatoms. The number of hydrogen-bond donors (Lipinski definition) is 0. The number of benzene rings is 5. The molecular weight excluding hydrogens is 815 g/mol. The summed E-state index contributed by atoms with van der Waals surface area (Å²) in [7, 11) is 2.12. The van der Waals surface area contributed by atoms with E-state index in [0.29, 0.717) is 17.8 Å². The van der Waals surface area contributed by atoms with E-state index in [1.54, 1.807) is 11.8 Å². The SMILES string of the molecule is CC(C)C(C)C.CC(C)c1cccc(C2CCOC2)c1-n1cc[n+](C)c1-c1ccccc1.Cc1ccccc1-c1nccn1-c1c(C(C)C)cc(-c2ccccc2)cc1N1C=CSC=C1. The van der Waals surface area contributed by atoms with Gasteiger partial charge in [-0.3, -0.25) is 4.57 Å². The highest BCUT2D eigenvalue weighted by molar-refractivity contribution is 8.04. The number of anilines is 1. The first-order valence-corrected chi connectivity index (χ1v) is 24.3. The van der Waals surface area contributed by atoms with Crippen LogP contribution in [0.1, 0.15) is 102 Å². The maximum Gasteiger partial charge on any atom is 0.293 e. The van der Waals surface area contributed by atoms with Crippen LogP contribution < -0.4 is 9.47 Å². The number of nitrogens with zero attached hydrogens (tertiary/aromatic N) is 5. The molecule has 1 atom stereocenters. The van der Waals surface area contributed by atoms with Crippen LogP contribution in [-0.2, 0) is 11.8 Å². The topological polar surface area (TPSA) is 39.1 Å². The van der Waals surface area contributed by atoms with E-state index < -0.39 is 0 Å². The molecule has 65 heavy (non-hydrogen) atoms. The van der Waals surface area contributed by atoms with Gasteiger partial charge in [0.25, 0.3) is 5.82 Å². The molecule has 4 heterocycles. The highest BCUT2D eigenvalue weighted by Gasteiger charge is 2.30. The summed E-state index contributed by atoms with van der Waals surface area (Å²) in [6, 6.07) is 41.1. The van der Waals surface area contributed by atoms with Gasteiger partial charge in [-0.2, -0.15) is 4.57 Å². The minimum Gasteiger partial charge on any atom is -0.381 e. The van der Waals surface area contributed by atoms with Gasteiger partial charge < -0.3 is 9.64 Å². The fraction of sp³-hybridized carbons (Fsp3) is 0.310. The molecule has 0 amide bonds. The molecule has 2 aliphatic heterocycles. The lowest BCUT2D eigenvalue weighted by Crippen LogP contribution is -2.29. The smallest absolute Gasteiger partial charge is 0.293 e. The van der Waals surface area contributed by atoms with E-state index in [2.05, 4.69) is 245 Å². The Kier molecular flexibility index (Phi) is 15.8. The third kappa shape index (κ3) is 11.0. The van der Waals surface area contributed by atoms with E-state index >= 15 is 0 Å². The highest BCUT2D eigenvalue weighted by Crippen LogP contribution is 2.41. The standard InChI is InChI=1S/C29H27N3S.C23H27N2O.C6H14/c1-21(2)26-19-24(23-10-5-4-6-11-23)20-27(31-15-17-33-18-16-31)28(26)32-14-13-30-29(32)25-12-8-7-9-22(25)3;1-17(2)20-10-7-11-21(19-12-15-26-16-19)22(20)25-14-13-24(3)23(25)18-8-5-4-6-9-18;1-5(2)6(3)4/h4-21H,1-3H3;4-11,13-14,17,19H,12,15-16H2,1-3H3;5-6H,1-4H3/q;+1;. The van der Waals surface area contributed by atoms with Gasteiger partial charge in [-0.15, -0.1) is 11.8 Å². The van der Waals surface area contributed by atoms with Crippen LogP contribution in [0.25, 0.3) is 45.3 Å². The second-order valence-corrected chi connectivity index (χ2v) is 19.3. The van der Waals surface area contributed by atoms with Gasteiger partial charge in [0.1, 0.15) is 23.9 Å². The van der Waals surface area contributed by atoms with Crippen LogP contribution in [0.2, 0.25) is 0 Å². The maximum atomic E-state index is 5.71. The van der Waals surface area contributed by atoms with Crippen molar-refractivity contribution in [1.29, 1.82) is 0 Å². The van der Waals surface area contributed by atoms with Gasteiger partial charge >= 0.3 is 0 Å². The van der Waals surface area contributed by atoms with E-state index in [-0.39, 0.29) is 0 Å². The number of aromatic nitrogens is 4. The van der Waals surface area contributed by atoms with Gasteiger partial charge in [-0.05, 0) is 94.4 Å². The molecule has 2 aliphatic rings. The summed E-state index contributed by atoms with van der Waals surface area (Å²) in [6.07, 6.45) is 13.7. The Bertz CT molecular complexity index is 2660. The minimum atomic E-state index is 0.335. The Balaban J connectivity index is 0.000000176. The summed E-state index contributed by atoms with van der Waals surface area (Å²) in [5.74, 6) is 5.14. The number of thioether (sulfide) groups is 1. The number of imidazole rings is 2. The molecule has 1 unspecified atom stereocenters. The summed E-state index contributed by atoms with van der Waals surface area (Å²) in [5, 5.41) is 4.23. The first kappa shape index (κ1) is 47.1. The predicted octanol–water partition coefficient (Wildman–Crippen LogP) is 15.0. The van der Waals surface area contributed by atoms with Crippen molar-refractivity contribution in [3.8, 4) is 45.3 Å². The van der Waals surface area contributed by atoms with Crippen molar-refractivity contribution >= 4 is 17.4 Å². The first-order chi connectivity index (χ1) is 31.4.